The SMILES string of the molecule is Cc1cc(NC(C#N)=C(C#N)C#N)ccc1Cl. The van der Waals surface area contributed by atoms with Crippen LogP contribution < -0.4 is 5.32 Å². The van der Waals surface area contributed by atoms with Crippen LogP contribution >= 0.6 is 11.6 Å². The Balaban J connectivity index is 3.11. The van der Waals surface area contributed by atoms with Crippen molar-refractivity contribution in [1.29, 1.82) is 15.8 Å². The summed E-state index contributed by atoms with van der Waals surface area (Å²) in [5, 5.41) is 29.5. The van der Waals surface area contributed by atoms with Crippen molar-refractivity contribution in [1.82, 2.24) is 0 Å². The molecule has 0 saturated heterocycles. The topological polar surface area (TPSA) is 83.4 Å². The number of nitrogens with zero attached hydrogens (tertiary/aromatic N) is 3. The summed E-state index contributed by atoms with van der Waals surface area (Å²) >= 11 is 5.86. The van der Waals surface area contributed by atoms with E-state index in [-0.39, 0.29) is 11.3 Å². The summed E-state index contributed by atoms with van der Waals surface area (Å²) in [4.78, 5) is 0. The Bertz CT molecular complexity index is 580. The molecule has 0 radical (unpaired) electrons. The van der Waals surface area contributed by atoms with E-state index in [1.54, 1.807) is 36.4 Å². The molecule has 0 unspecified atom stereocenters. The number of aryl methyl sites for hydroxylation is 1. The maximum absolute atomic E-state index is 8.85. The van der Waals surface area contributed by atoms with Crippen molar-refractivity contribution in [2.75, 3.05) is 5.32 Å². The van der Waals surface area contributed by atoms with Crippen LogP contribution in [0.5, 0.6) is 0 Å². The first kappa shape index (κ1) is 12.6. The largest absolute Gasteiger partial charge is 0.345 e. The Morgan fingerprint density at radius 1 is 1.18 bits per heavy atom. The van der Waals surface area contributed by atoms with Gasteiger partial charge in [-0.05, 0) is 30.7 Å². The van der Waals surface area contributed by atoms with Gasteiger partial charge in [-0.1, -0.05) is 11.6 Å². The summed E-state index contributed by atoms with van der Waals surface area (Å²) in [6.07, 6.45) is 0. The summed E-state index contributed by atoms with van der Waals surface area (Å²) < 4.78 is 0. The highest BCUT2D eigenvalue weighted by Crippen LogP contribution is 2.20. The first-order valence-corrected chi connectivity index (χ1v) is 4.98. The second-order valence-electron chi connectivity index (χ2n) is 3.17. The van der Waals surface area contributed by atoms with Crippen LogP contribution in [0.2, 0.25) is 5.02 Å². The molecule has 0 bridgehead atoms. The van der Waals surface area contributed by atoms with Crippen molar-refractivity contribution >= 4 is 17.3 Å². The van der Waals surface area contributed by atoms with Gasteiger partial charge in [-0.15, -0.1) is 0 Å². The van der Waals surface area contributed by atoms with E-state index in [0.717, 1.165) is 5.56 Å². The van der Waals surface area contributed by atoms with E-state index in [4.69, 9.17) is 27.4 Å². The molecule has 0 aliphatic rings. The normalized spacial score (nSPS) is 8.41. The number of halogens is 1. The fraction of sp³-hybridized carbons (Fsp3) is 0.0833. The predicted molar refractivity (Wildman–Crippen MR) is 63.7 cm³/mol. The lowest BCUT2D eigenvalue weighted by Gasteiger charge is -2.06. The van der Waals surface area contributed by atoms with Crippen molar-refractivity contribution in [3.8, 4) is 18.2 Å². The summed E-state index contributed by atoms with van der Waals surface area (Å²) in [5.41, 5.74) is 1.12. The fourth-order valence-corrected chi connectivity index (χ4v) is 1.27. The van der Waals surface area contributed by atoms with Crippen LogP contribution in [0.3, 0.4) is 0 Å². The lowest BCUT2D eigenvalue weighted by atomic mass is 10.2. The quantitative estimate of drug-likeness (QED) is 0.808. The fourth-order valence-electron chi connectivity index (χ4n) is 1.15. The van der Waals surface area contributed by atoms with Crippen molar-refractivity contribution < 1.29 is 0 Å². The number of anilines is 1. The van der Waals surface area contributed by atoms with Gasteiger partial charge < -0.3 is 5.32 Å². The summed E-state index contributed by atoms with van der Waals surface area (Å²) in [6.45, 7) is 1.82. The van der Waals surface area contributed by atoms with Crippen LogP contribution in [0, 0.1) is 40.9 Å². The highest BCUT2D eigenvalue weighted by atomic mass is 35.5. The molecule has 0 aliphatic carbocycles. The minimum Gasteiger partial charge on any atom is -0.345 e. The number of nitrogens with one attached hydrogen (secondary N) is 1. The van der Waals surface area contributed by atoms with Gasteiger partial charge in [-0.2, -0.15) is 15.8 Å². The molecule has 1 aromatic rings. The Labute approximate surface area is 104 Å². The molecule has 0 amide bonds. The van der Waals surface area contributed by atoms with Crippen molar-refractivity contribution in [3.05, 3.63) is 40.1 Å². The second-order valence-corrected chi connectivity index (χ2v) is 3.58. The Hall–Kier alpha value is -2.48. The number of nitriles is 3. The van der Waals surface area contributed by atoms with Crippen LogP contribution in [-0.4, -0.2) is 0 Å². The number of rotatable bonds is 2. The molecular weight excluding hydrogens is 236 g/mol. The van der Waals surface area contributed by atoms with Gasteiger partial charge >= 0.3 is 0 Å². The van der Waals surface area contributed by atoms with Gasteiger partial charge in [0, 0.05) is 10.7 Å². The molecule has 0 spiro atoms. The Kier molecular flexibility index (Phi) is 4.12. The lowest BCUT2D eigenvalue weighted by molar-refractivity contribution is 1.36. The minimum absolute atomic E-state index is 0.0725. The summed E-state index contributed by atoms with van der Waals surface area (Å²) in [7, 11) is 0. The maximum atomic E-state index is 8.85. The van der Waals surface area contributed by atoms with Gasteiger partial charge in [-0.3, -0.25) is 0 Å². The average molecular weight is 243 g/mol. The average Bonchev–Trinajstić information content (AvgIpc) is 2.33. The molecule has 0 aromatic heterocycles. The second kappa shape index (κ2) is 5.56. The first-order chi connectivity index (χ1) is 8.12. The van der Waals surface area contributed by atoms with Crippen LogP contribution in [-0.2, 0) is 0 Å². The Morgan fingerprint density at radius 3 is 2.29 bits per heavy atom. The maximum Gasteiger partial charge on any atom is 0.163 e. The highest BCUT2D eigenvalue weighted by molar-refractivity contribution is 6.31. The third-order valence-corrected chi connectivity index (χ3v) is 2.44. The number of benzene rings is 1. The lowest BCUT2D eigenvalue weighted by Crippen LogP contribution is -2.00. The molecule has 0 fully saturated rings. The number of hydrogen-bond acceptors (Lipinski definition) is 4. The highest BCUT2D eigenvalue weighted by Gasteiger charge is 2.06. The van der Waals surface area contributed by atoms with Gasteiger partial charge in [0.05, 0.1) is 0 Å². The van der Waals surface area contributed by atoms with E-state index in [2.05, 4.69) is 5.32 Å². The molecule has 4 nitrogen and oxygen atoms in total. The molecule has 0 heterocycles. The number of allylic oxidation sites excluding steroid dienone is 2. The molecule has 0 saturated carbocycles. The van der Waals surface area contributed by atoms with E-state index >= 15 is 0 Å². The van der Waals surface area contributed by atoms with Crippen molar-refractivity contribution in [2.45, 2.75) is 6.92 Å². The molecule has 1 aromatic carbocycles. The molecular formula is C12H7ClN4. The smallest absolute Gasteiger partial charge is 0.163 e. The molecule has 5 heteroatoms. The van der Waals surface area contributed by atoms with E-state index in [1.165, 1.54) is 0 Å². The van der Waals surface area contributed by atoms with E-state index in [0.29, 0.717) is 10.7 Å². The third-order valence-electron chi connectivity index (χ3n) is 2.01. The third kappa shape index (κ3) is 2.98. The zero-order valence-corrected chi connectivity index (χ0v) is 9.71. The monoisotopic (exact) mass is 242 g/mol. The Morgan fingerprint density at radius 2 is 1.82 bits per heavy atom. The van der Waals surface area contributed by atoms with Crippen LogP contribution in [0.1, 0.15) is 5.56 Å². The van der Waals surface area contributed by atoms with Gasteiger partial charge in [0.25, 0.3) is 0 Å². The van der Waals surface area contributed by atoms with Crippen LogP contribution in [0.15, 0.2) is 29.5 Å². The van der Waals surface area contributed by atoms with Gasteiger partial charge in [-0.25, -0.2) is 0 Å². The molecule has 1 N–H and O–H groups in total. The van der Waals surface area contributed by atoms with E-state index < -0.39 is 0 Å². The van der Waals surface area contributed by atoms with Gasteiger partial charge in [0.2, 0.25) is 0 Å². The number of hydrogen-bond donors (Lipinski definition) is 1. The molecule has 1 rings (SSSR count). The van der Waals surface area contributed by atoms with Gasteiger partial charge in [0.1, 0.15) is 23.9 Å². The summed E-state index contributed by atoms with van der Waals surface area (Å²) in [6, 6.07) is 10.2. The van der Waals surface area contributed by atoms with Crippen molar-refractivity contribution in [2.24, 2.45) is 0 Å². The van der Waals surface area contributed by atoms with Crippen LogP contribution in [0.4, 0.5) is 5.69 Å². The standard InChI is InChI=1S/C12H7ClN4/c1-8-4-10(2-3-11(8)13)17-12(7-16)9(5-14)6-15/h2-4,17H,1H3. The zero-order chi connectivity index (χ0) is 12.8. The molecule has 0 aliphatic heterocycles. The van der Waals surface area contributed by atoms with E-state index in [9.17, 15) is 0 Å². The van der Waals surface area contributed by atoms with Gasteiger partial charge in [0.15, 0.2) is 5.57 Å². The predicted octanol–water partition coefficient (Wildman–Crippen LogP) is 2.89. The minimum atomic E-state index is -0.250. The summed E-state index contributed by atoms with van der Waals surface area (Å²) in [5.74, 6) is 0. The zero-order valence-electron chi connectivity index (χ0n) is 8.95. The van der Waals surface area contributed by atoms with Crippen molar-refractivity contribution in [3.63, 3.8) is 0 Å². The van der Waals surface area contributed by atoms with E-state index in [1.807, 2.05) is 6.92 Å². The molecule has 82 valence electrons. The molecule has 0 atom stereocenters. The van der Waals surface area contributed by atoms with Crippen LogP contribution in [0.25, 0.3) is 0 Å². The molecule has 17 heavy (non-hydrogen) atoms. The first-order valence-electron chi connectivity index (χ1n) is 4.60.